The van der Waals surface area contributed by atoms with E-state index in [1.54, 1.807) is 6.20 Å². The monoisotopic (exact) mass is 376 g/mol. The molecule has 0 aliphatic carbocycles. The largest absolute Gasteiger partial charge is 0.492 e. The van der Waals surface area contributed by atoms with Gasteiger partial charge in [-0.3, -0.25) is 9.69 Å². The van der Waals surface area contributed by atoms with Crippen LogP contribution in [0.4, 0.5) is 5.69 Å². The molecule has 0 atom stereocenters. The van der Waals surface area contributed by atoms with Crippen molar-refractivity contribution in [3.63, 3.8) is 0 Å². The molecule has 1 N–H and O–H groups in total. The van der Waals surface area contributed by atoms with Gasteiger partial charge in [-0.2, -0.15) is 5.10 Å². The number of morpholine rings is 1. The first-order valence-corrected chi connectivity index (χ1v) is 9.12. The molecule has 8 heteroatoms. The van der Waals surface area contributed by atoms with Crippen LogP contribution in [-0.4, -0.2) is 54.6 Å². The van der Waals surface area contributed by atoms with Gasteiger partial charge in [0.1, 0.15) is 17.4 Å². The first-order chi connectivity index (χ1) is 12.7. The summed E-state index contributed by atoms with van der Waals surface area (Å²) in [5, 5.41) is 6.39. The highest BCUT2D eigenvalue weighted by Gasteiger charge is 2.25. The van der Waals surface area contributed by atoms with Crippen LogP contribution in [0.3, 0.4) is 0 Å². The Labute approximate surface area is 156 Å². The molecular formula is C18H21ClN4O3. The molecule has 1 saturated heterocycles. The van der Waals surface area contributed by atoms with Gasteiger partial charge in [0.15, 0.2) is 0 Å². The van der Waals surface area contributed by atoms with Gasteiger partial charge in [-0.1, -0.05) is 23.7 Å². The van der Waals surface area contributed by atoms with Crippen LogP contribution in [0.2, 0.25) is 5.02 Å². The zero-order valence-corrected chi connectivity index (χ0v) is 15.2. The summed E-state index contributed by atoms with van der Waals surface area (Å²) in [6, 6.07) is 6.09. The molecule has 7 nitrogen and oxygen atoms in total. The molecule has 0 saturated carbocycles. The number of halogens is 1. The fraction of sp³-hybridized carbons (Fsp3) is 0.444. The van der Waals surface area contributed by atoms with Crippen LogP contribution in [0.5, 0.6) is 5.75 Å². The van der Waals surface area contributed by atoms with Crippen molar-refractivity contribution in [2.75, 3.05) is 44.4 Å². The number of rotatable bonds is 5. The number of benzene rings is 1. The van der Waals surface area contributed by atoms with Gasteiger partial charge in [0, 0.05) is 38.3 Å². The smallest absolute Gasteiger partial charge is 0.285 e. The van der Waals surface area contributed by atoms with E-state index in [9.17, 15) is 4.79 Å². The lowest BCUT2D eigenvalue weighted by molar-refractivity contribution is 0.0322. The molecule has 1 aromatic carbocycles. The summed E-state index contributed by atoms with van der Waals surface area (Å²) in [4.78, 5) is 16.1. The average molecular weight is 377 g/mol. The van der Waals surface area contributed by atoms with E-state index in [0.29, 0.717) is 25.4 Å². The Morgan fingerprint density at radius 3 is 2.96 bits per heavy atom. The van der Waals surface area contributed by atoms with Gasteiger partial charge in [0.25, 0.3) is 5.56 Å². The summed E-state index contributed by atoms with van der Waals surface area (Å²) in [6.07, 6.45) is 1.59. The summed E-state index contributed by atoms with van der Waals surface area (Å²) in [6.45, 7) is 6.36. The average Bonchev–Trinajstić information content (AvgIpc) is 3.10. The number of hydrogen-bond donors (Lipinski definition) is 1. The van der Waals surface area contributed by atoms with E-state index >= 15 is 0 Å². The van der Waals surface area contributed by atoms with E-state index in [1.807, 2.05) is 17.0 Å². The molecule has 0 unspecified atom stereocenters. The van der Waals surface area contributed by atoms with Crippen LogP contribution in [0.15, 0.2) is 29.2 Å². The molecule has 2 aliphatic rings. The minimum absolute atomic E-state index is 0.169. The number of fused-ring (bicyclic) bond motifs is 1. The molecule has 2 aromatic rings. The van der Waals surface area contributed by atoms with Gasteiger partial charge in [0.05, 0.1) is 25.1 Å². The van der Waals surface area contributed by atoms with Gasteiger partial charge in [-0.15, -0.1) is 0 Å². The van der Waals surface area contributed by atoms with Crippen LogP contribution >= 0.6 is 11.6 Å². The molecule has 26 heavy (non-hydrogen) atoms. The first kappa shape index (κ1) is 17.3. The van der Waals surface area contributed by atoms with Crippen molar-refractivity contribution < 1.29 is 9.47 Å². The third kappa shape index (κ3) is 3.56. The van der Waals surface area contributed by atoms with Gasteiger partial charge in [-0.05, 0) is 11.6 Å². The number of aromatic nitrogens is 2. The molecule has 138 valence electrons. The van der Waals surface area contributed by atoms with Gasteiger partial charge < -0.3 is 14.4 Å². The molecule has 0 bridgehead atoms. The second kappa shape index (κ2) is 7.65. The van der Waals surface area contributed by atoms with Crippen molar-refractivity contribution in [2.24, 2.45) is 0 Å². The molecule has 0 amide bonds. The zero-order chi connectivity index (χ0) is 17.9. The number of nitrogens with zero attached hydrogens (tertiary/aromatic N) is 3. The molecule has 0 spiro atoms. The normalized spacial score (nSPS) is 17.3. The van der Waals surface area contributed by atoms with Crippen molar-refractivity contribution >= 4 is 17.3 Å². The second-order valence-electron chi connectivity index (χ2n) is 6.45. The van der Waals surface area contributed by atoms with E-state index in [1.165, 1.54) is 5.56 Å². The van der Waals surface area contributed by atoms with Crippen LogP contribution in [0, 0.1) is 0 Å². The van der Waals surface area contributed by atoms with E-state index in [0.717, 1.165) is 44.2 Å². The van der Waals surface area contributed by atoms with Gasteiger partial charge in [-0.25, -0.2) is 5.10 Å². The highest BCUT2D eigenvalue weighted by Crippen LogP contribution is 2.35. The van der Waals surface area contributed by atoms with Gasteiger partial charge in [0.2, 0.25) is 0 Å². The Balaban J connectivity index is 1.44. The third-order valence-corrected chi connectivity index (χ3v) is 5.19. The van der Waals surface area contributed by atoms with E-state index in [2.05, 4.69) is 21.2 Å². The summed E-state index contributed by atoms with van der Waals surface area (Å²) in [5.74, 6) is 0.896. The minimum atomic E-state index is -0.373. The topological polar surface area (TPSA) is 70.7 Å². The van der Waals surface area contributed by atoms with Crippen LogP contribution in [0.1, 0.15) is 11.1 Å². The number of H-pyrrole nitrogens is 1. The number of nitrogens with one attached hydrogen (secondary N) is 1. The summed E-state index contributed by atoms with van der Waals surface area (Å²) in [7, 11) is 0. The Hall–Kier alpha value is -2.09. The molecule has 4 rings (SSSR count). The van der Waals surface area contributed by atoms with Gasteiger partial charge >= 0.3 is 0 Å². The lowest BCUT2D eigenvalue weighted by Crippen LogP contribution is -2.38. The van der Waals surface area contributed by atoms with Crippen molar-refractivity contribution in [3.8, 4) is 5.75 Å². The molecule has 0 radical (unpaired) electrons. The summed E-state index contributed by atoms with van der Waals surface area (Å²) < 4.78 is 11.4. The molecular weight excluding hydrogens is 356 g/mol. The number of ether oxygens (including phenoxy) is 2. The molecule has 1 fully saturated rings. The maximum absolute atomic E-state index is 11.7. The van der Waals surface area contributed by atoms with Crippen LogP contribution in [-0.2, 0) is 17.8 Å². The minimum Gasteiger partial charge on any atom is -0.492 e. The van der Waals surface area contributed by atoms with E-state index in [-0.39, 0.29) is 10.6 Å². The fourth-order valence-corrected chi connectivity index (χ4v) is 3.61. The molecule has 2 aliphatic heterocycles. The molecule has 1 aromatic heterocycles. The Morgan fingerprint density at radius 2 is 2.12 bits per heavy atom. The number of aromatic amines is 1. The van der Waals surface area contributed by atoms with Crippen LogP contribution in [0.25, 0.3) is 0 Å². The van der Waals surface area contributed by atoms with Crippen molar-refractivity contribution in [2.45, 2.75) is 13.1 Å². The summed E-state index contributed by atoms with van der Waals surface area (Å²) >= 11 is 6.15. The van der Waals surface area contributed by atoms with Crippen molar-refractivity contribution in [1.29, 1.82) is 0 Å². The van der Waals surface area contributed by atoms with E-state index < -0.39 is 0 Å². The van der Waals surface area contributed by atoms with E-state index in [4.69, 9.17) is 21.1 Å². The zero-order valence-electron chi connectivity index (χ0n) is 14.4. The SMILES string of the molecule is O=c1[nH]ncc(N2Cc3cccc(OCCN4CCOCC4)c3C2)c1Cl. The predicted molar refractivity (Wildman–Crippen MR) is 99.0 cm³/mol. The maximum Gasteiger partial charge on any atom is 0.285 e. The lowest BCUT2D eigenvalue weighted by Gasteiger charge is -2.26. The quantitative estimate of drug-likeness (QED) is 0.855. The Bertz CT molecular complexity index is 835. The highest BCUT2D eigenvalue weighted by molar-refractivity contribution is 6.33. The van der Waals surface area contributed by atoms with Crippen molar-refractivity contribution in [1.82, 2.24) is 15.1 Å². The standard InChI is InChI=1S/C18H21ClN4O3/c19-17-15(10-20-21-18(17)24)23-11-13-2-1-3-16(14(13)12-23)26-9-6-22-4-7-25-8-5-22/h1-3,10H,4-9,11-12H2,(H,21,24). The second-order valence-corrected chi connectivity index (χ2v) is 6.83. The number of anilines is 1. The maximum atomic E-state index is 11.7. The Morgan fingerprint density at radius 1 is 1.27 bits per heavy atom. The number of hydrogen-bond acceptors (Lipinski definition) is 6. The van der Waals surface area contributed by atoms with Crippen molar-refractivity contribution in [3.05, 3.63) is 50.9 Å². The predicted octanol–water partition coefficient (Wildman–Crippen LogP) is 1.65. The Kier molecular flexibility index (Phi) is 5.10. The van der Waals surface area contributed by atoms with Crippen LogP contribution < -0.4 is 15.2 Å². The molecule has 3 heterocycles. The fourth-order valence-electron chi connectivity index (χ4n) is 3.40. The third-order valence-electron chi connectivity index (χ3n) is 4.83. The summed E-state index contributed by atoms with van der Waals surface area (Å²) in [5.41, 5.74) is 2.60. The first-order valence-electron chi connectivity index (χ1n) is 8.74. The lowest BCUT2D eigenvalue weighted by atomic mass is 10.1. The highest BCUT2D eigenvalue weighted by atomic mass is 35.5.